The van der Waals surface area contributed by atoms with Gasteiger partial charge in [0.15, 0.2) is 0 Å². The molecule has 3 nitrogen and oxygen atoms in total. The van der Waals surface area contributed by atoms with Gasteiger partial charge in [-0.2, -0.15) is 0 Å². The number of nitrogens with one attached hydrogen (secondary N) is 1. The monoisotopic (exact) mass is 248 g/mol. The molecule has 0 saturated heterocycles. The third-order valence-corrected chi connectivity index (χ3v) is 3.20. The van der Waals surface area contributed by atoms with Crippen LogP contribution in [-0.4, -0.2) is 19.0 Å². The summed E-state index contributed by atoms with van der Waals surface area (Å²) in [6.45, 7) is 5.64. The van der Waals surface area contributed by atoms with Crippen molar-refractivity contribution in [3.8, 4) is 0 Å². The van der Waals surface area contributed by atoms with Gasteiger partial charge in [-0.3, -0.25) is 4.79 Å². The van der Waals surface area contributed by atoms with Crippen molar-refractivity contribution in [3.05, 3.63) is 35.4 Å². The summed E-state index contributed by atoms with van der Waals surface area (Å²) in [6.07, 6.45) is 2.93. The Labute approximate surface area is 110 Å². The van der Waals surface area contributed by atoms with Gasteiger partial charge in [-0.15, -0.1) is 0 Å². The van der Waals surface area contributed by atoms with Gasteiger partial charge >= 0.3 is 0 Å². The molecule has 100 valence electrons. The number of hydrogen-bond donors (Lipinski definition) is 2. The van der Waals surface area contributed by atoms with Gasteiger partial charge in [0.2, 0.25) is 0 Å². The lowest BCUT2D eigenvalue weighted by Gasteiger charge is -2.10. The Morgan fingerprint density at radius 2 is 2.11 bits per heavy atom. The highest BCUT2D eigenvalue weighted by atomic mass is 16.1. The molecule has 1 rings (SSSR count). The summed E-state index contributed by atoms with van der Waals surface area (Å²) in [5, 5.41) is 2.97. The Bertz CT molecular complexity index is 377. The molecule has 0 aliphatic carbocycles. The zero-order chi connectivity index (χ0) is 13.4. The van der Waals surface area contributed by atoms with Crippen molar-refractivity contribution in [2.24, 2.45) is 11.7 Å². The minimum Gasteiger partial charge on any atom is -0.352 e. The molecule has 18 heavy (non-hydrogen) atoms. The normalized spacial score (nSPS) is 12.2. The van der Waals surface area contributed by atoms with E-state index in [0.29, 0.717) is 12.5 Å². The first-order valence-corrected chi connectivity index (χ1v) is 6.75. The number of benzene rings is 1. The molecular formula is C15H24N2O. The number of carbonyl (C=O) groups excluding carboxylic acids is 1. The van der Waals surface area contributed by atoms with Crippen molar-refractivity contribution in [2.45, 2.75) is 33.1 Å². The quantitative estimate of drug-likeness (QED) is 0.728. The Morgan fingerprint density at radius 3 is 2.78 bits per heavy atom. The van der Waals surface area contributed by atoms with E-state index in [4.69, 9.17) is 5.73 Å². The Kier molecular flexibility index (Phi) is 6.44. The van der Waals surface area contributed by atoms with Gasteiger partial charge in [0.1, 0.15) is 0 Å². The molecule has 0 radical (unpaired) electrons. The maximum atomic E-state index is 12.0. The highest BCUT2D eigenvalue weighted by Crippen LogP contribution is 2.09. The van der Waals surface area contributed by atoms with Crippen LogP contribution in [0.3, 0.4) is 0 Å². The van der Waals surface area contributed by atoms with Gasteiger partial charge in [0.25, 0.3) is 5.91 Å². The Hall–Kier alpha value is -1.35. The second kappa shape index (κ2) is 7.88. The van der Waals surface area contributed by atoms with Crippen LogP contribution >= 0.6 is 0 Å². The maximum absolute atomic E-state index is 12.0. The fourth-order valence-corrected chi connectivity index (χ4v) is 1.92. The molecule has 1 atom stereocenters. The largest absolute Gasteiger partial charge is 0.352 e. The molecule has 0 spiro atoms. The first kappa shape index (κ1) is 14.7. The van der Waals surface area contributed by atoms with Crippen LogP contribution < -0.4 is 11.1 Å². The van der Waals surface area contributed by atoms with Crippen LogP contribution in [0.1, 0.15) is 42.6 Å². The number of rotatable bonds is 7. The molecule has 3 heteroatoms. The second-order valence-electron chi connectivity index (χ2n) is 4.75. The molecule has 1 aromatic rings. The minimum atomic E-state index is 0.0350. The SMILES string of the molecule is CCc1ccccc1C(=O)NCCCC(C)CN. The van der Waals surface area contributed by atoms with Gasteiger partial charge in [-0.1, -0.05) is 32.0 Å². The van der Waals surface area contributed by atoms with Crippen LogP contribution in [0.4, 0.5) is 0 Å². The van der Waals surface area contributed by atoms with E-state index < -0.39 is 0 Å². The van der Waals surface area contributed by atoms with Crippen LogP contribution in [0.5, 0.6) is 0 Å². The van der Waals surface area contributed by atoms with E-state index in [1.807, 2.05) is 24.3 Å². The van der Waals surface area contributed by atoms with E-state index in [1.165, 1.54) is 0 Å². The summed E-state index contributed by atoms with van der Waals surface area (Å²) in [5.41, 5.74) is 7.46. The molecule has 0 heterocycles. The van der Waals surface area contributed by atoms with Gasteiger partial charge in [-0.05, 0) is 43.4 Å². The highest BCUT2D eigenvalue weighted by Gasteiger charge is 2.08. The number of nitrogens with two attached hydrogens (primary N) is 1. The van der Waals surface area contributed by atoms with E-state index in [-0.39, 0.29) is 5.91 Å². The van der Waals surface area contributed by atoms with E-state index in [9.17, 15) is 4.79 Å². The van der Waals surface area contributed by atoms with Crippen LogP contribution in [0.25, 0.3) is 0 Å². The van der Waals surface area contributed by atoms with Crippen molar-refractivity contribution < 1.29 is 4.79 Å². The number of carbonyl (C=O) groups is 1. The van der Waals surface area contributed by atoms with E-state index in [2.05, 4.69) is 19.2 Å². The average molecular weight is 248 g/mol. The summed E-state index contributed by atoms with van der Waals surface area (Å²) < 4.78 is 0. The molecule has 0 saturated carbocycles. The highest BCUT2D eigenvalue weighted by molar-refractivity contribution is 5.95. The Balaban J connectivity index is 2.41. The lowest BCUT2D eigenvalue weighted by atomic mass is 10.0. The molecule has 3 N–H and O–H groups in total. The third-order valence-electron chi connectivity index (χ3n) is 3.20. The van der Waals surface area contributed by atoms with E-state index >= 15 is 0 Å². The lowest BCUT2D eigenvalue weighted by molar-refractivity contribution is 0.0951. The molecule has 0 fully saturated rings. The molecular weight excluding hydrogens is 224 g/mol. The van der Waals surface area contributed by atoms with Crippen LogP contribution in [0.15, 0.2) is 24.3 Å². The van der Waals surface area contributed by atoms with Crippen LogP contribution in [0, 0.1) is 5.92 Å². The van der Waals surface area contributed by atoms with Crippen LogP contribution in [0.2, 0.25) is 0 Å². The molecule has 0 bridgehead atoms. The number of amides is 1. The second-order valence-corrected chi connectivity index (χ2v) is 4.75. The van der Waals surface area contributed by atoms with Crippen molar-refractivity contribution >= 4 is 5.91 Å². The van der Waals surface area contributed by atoms with Crippen molar-refractivity contribution in [1.29, 1.82) is 0 Å². The molecule has 1 aromatic carbocycles. The average Bonchev–Trinajstić information content (AvgIpc) is 2.42. The van der Waals surface area contributed by atoms with Gasteiger partial charge in [0, 0.05) is 12.1 Å². The van der Waals surface area contributed by atoms with Gasteiger partial charge in [0.05, 0.1) is 0 Å². The van der Waals surface area contributed by atoms with Crippen LogP contribution in [-0.2, 0) is 6.42 Å². The molecule has 1 unspecified atom stereocenters. The van der Waals surface area contributed by atoms with E-state index in [0.717, 1.165) is 36.9 Å². The number of aryl methyl sites for hydroxylation is 1. The van der Waals surface area contributed by atoms with Gasteiger partial charge in [-0.25, -0.2) is 0 Å². The standard InChI is InChI=1S/C15H24N2O/c1-3-13-8-4-5-9-14(13)15(18)17-10-6-7-12(2)11-16/h4-5,8-9,12H,3,6-7,10-11,16H2,1-2H3,(H,17,18). The van der Waals surface area contributed by atoms with E-state index in [1.54, 1.807) is 0 Å². The summed E-state index contributed by atoms with van der Waals surface area (Å²) >= 11 is 0. The van der Waals surface area contributed by atoms with Crippen molar-refractivity contribution in [1.82, 2.24) is 5.32 Å². The predicted molar refractivity (Wildman–Crippen MR) is 75.6 cm³/mol. The zero-order valence-electron chi connectivity index (χ0n) is 11.4. The van der Waals surface area contributed by atoms with Gasteiger partial charge < -0.3 is 11.1 Å². The van der Waals surface area contributed by atoms with Crippen molar-refractivity contribution in [3.63, 3.8) is 0 Å². The maximum Gasteiger partial charge on any atom is 0.251 e. The summed E-state index contributed by atoms with van der Waals surface area (Å²) in [4.78, 5) is 12.0. The molecule has 0 aliphatic rings. The topological polar surface area (TPSA) is 55.1 Å². The molecule has 0 aliphatic heterocycles. The summed E-state index contributed by atoms with van der Waals surface area (Å²) in [6, 6.07) is 7.77. The molecule has 1 amide bonds. The smallest absolute Gasteiger partial charge is 0.251 e. The first-order valence-electron chi connectivity index (χ1n) is 6.75. The first-order chi connectivity index (χ1) is 8.69. The third kappa shape index (κ3) is 4.49. The molecule has 0 aromatic heterocycles. The van der Waals surface area contributed by atoms with Crippen molar-refractivity contribution in [2.75, 3.05) is 13.1 Å². The summed E-state index contributed by atoms with van der Waals surface area (Å²) in [7, 11) is 0. The predicted octanol–water partition coefficient (Wildman–Crippen LogP) is 2.35. The fraction of sp³-hybridized carbons (Fsp3) is 0.533. The summed E-state index contributed by atoms with van der Waals surface area (Å²) in [5.74, 6) is 0.567. The minimum absolute atomic E-state index is 0.0350. The lowest BCUT2D eigenvalue weighted by Crippen LogP contribution is -2.26. The fourth-order valence-electron chi connectivity index (χ4n) is 1.92. The Morgan fingerprint density at radius 1 is 1.39 bits per heavy atom. The zero-order valence-corrected chi connectivity index (χ0v) is 11.4. The number of hydrogen-bond acceptors (Lipinski definition) is 2.